The Morgan fingerprint density at radius 1 is 1.44 bits per heavy atom. The fourth-order valence-corrected chi connectivity index (χ4v) is 2.99. The van der Waals surface area contributed by atoms with Crippen LogP contribution in [0.5, 0.6) is 0 Å². The number of rotatable bonds is 1. The molecule has 18 heavy (non-hydrogen) atoms. The van der Waals surface area contributed by atoms with Gasteiger partial charge in [0.2, 0.25) is 5.91 Å². The van der Waals surface area contributed by atoms with Crippen molar-refractivity contribution < 1.29 is 9.18 Å². The molecule has 1 aliphatic heterocycles. The van der Waals surface area contributed by atoms with Crippen LogP contribution in [-0.4, -0.2) is 16.8 Å². The summed E-state index contributed by atoms with van der Waals surface area (Å²) in [6.45, 7) is 0.535. The molecule has 1 atom stereocenters. The van der Waals surface area contributed by atoms with E-state index in [1.807, 2.05) is 6.07 Å². The van der Waals surface area contributed by atoms with Crippen LogP contribution in [0.1, 0.15) is 18.4 Å². The maximum Gasteiger partial charge on any atom is 0.233 e. The number of anilines is 1. The van der Waals surface area contributed by atoms with Crippen molar-refractivity contribution in [1.29, 1.82) is 0 Å². The zero-order valence-corrected chi connectivity index (χ0v) is 11.1. The number of para-hydroxylation sites is 1. The van der Waals surface area contributed by atoms with Crippen molar-refractivity contribution in [2.45, 2.75) is 23.6 Å². The lowest BCUT2D eigenvalue weighted by Gasteiger charge is -2.30. The van der Waals surface area contributed by atoms with Crippen molar-refractivity contribution in [2.75, 3.05) is 11.4 Å². The summed E-state index contributed by atoms with van der Waals surface area (Å²) in [5.74, 6) is -0.909. The number of amides is 1. The molecule has 0 saturated heterocycles. The topological polar surface area (TPSA) is 20.3 Å². The van der Waals surface area contributed by atoms with Crippen molar-refractivity contribution >= 4 is 34.8 Å². The lowest BCUT2D eigenvalue weighted by Crippen LogP contribution is -2.38. The fraction of sp³-hybridized carbons (Fsp3) is 0.462. The molecular weight excluding hydrogens is 276 g/mol. The Balaban J connectivity index is 1.94. The Morgan fingerprint density at radius 3 is 2.83 bits per heavy atom. The van der Waals surface area contributed by atoms with E-state index in [4.69, 9.17) is 23.2 Å². The fourth-order valence-electron chi connectivity index (χ4n) is 2.49. The molecule has 3 rings (SSSR count). The normalized spacial score (nSPS) is 24.6. The molecule has 1 unspecified atom stereocenters. The van der Waals surface area contributed by atoms with Gasteiger partial charge in [-0.05, 0) is 30.9 Å². The Morgan fingerprint density at radius 2 is 2.17 bits per heavy atom. The van der Waals surface area contributed by atoms with Crippen LogP contribution < -0.4 is 4.90 Å². The van der Waals surface area contributed by atoms with Crippen LogP contribution in [0.2, 0.25) is 0 Å². The van der Waals surface area contributed by atoms with Crippen LogP contribution in [0.3, 0.4) is 0 Å². The third-order valence-corrected chi connectivity index (χ3v) is 4.39. The second-order valence-corrected chi connectivity index (χ2v) is 6.40. The molecule has 0 radical (unpaired) electrons. The molecule has 1 amide bonds. The third kappa shape index (κ3) is 1.90. The van der Waals surface area contributed by atoms with E-state index in [2.05, 4.69) is 0 Å². The average Bonchev–Trinajstić information content (AvgIpc) is 2.97. The number of hydrogen-bond acceptors (Lipinski definition) is 1. The second-order valence-electron chi connectivity index (χ2n) is 4.86. The minimum atomic E-state index is -0.958. The van der Waals surface area contributed by atoms with Gasteiger partial charge in [0.05, 0.1) is 11.6 Å². The van der Waals surface area contributed by atoms with E-state index in [9.17, 15) is 9.18 Å². The summed E-state index contributed by atoms with van der Waals surface area (Å²) in [6, 6.07) is 4.91. The van der Waals surface area contributed by atoms with Crippen molar-refractivity contribution in [3.63, 3.8) is 0 Å². The highest BCUT2D eigenvalue weighted by atomic mass is 35.5. The minimum Gasteiger partial charge on any atom is -0.309 e. The van der Waals surface area contributed by atoms with E-state index in [0.717, 1.165) is 18.4 Å². The van der Waals surface area contributed by atoms with Gasteiger partial charge in [-0.2, -0.15) is 0 Å². The van der Waals surface area contributed by atoms with Crippen molar-refractivity contribution in [1.82, 2.24) is 0 Å². The number of benzene rings is 1. The van der Waals surface area contributed by atoms with E-state index in [0.29, 0.717) is 18.7 Å². The van der Waals surface area contributed by atoms with Gasteiger partial charge in [-0.15, -0.1) is 23.2 Å². The molecule has 1 fully saturated rings. The molecule has 1 aliphatic carbocycles. The Hall–Kier alpha value is -0.800. The number of hydrogen-bond donors (Lipinski definition) is 0. The molecule has 96 valence electrons. The van der Waals surface area contributed by atoms with Gasteiger partial charge >= 0.3 is 0 Å². The standard InChI is InChI=1S/C13H12Cl2FNO/c14-13(15)7-9(13)12(18)17-6-2-4-8-3-1-5-10(16)11(8)17/h1,3,5,9H,2,4,6-7H2. The summed E-state index contributed by atoms with van der Waals surface area (Å²) >= 11 is 11.8. The van der Waals surface area contributed by atoms with Gasteiger partial charge < -0.3 is 4.90 Å². The minimum absolute atomic E-state index is 0.161. The number of fused-ring (bicyclic) bond motifs is 1. The molecule has 2 aliphatic rings. The summed E-state index contributed by atoms with van der Waals surface area (Å²) in [5, 5.41) is 0. The van der Waals surface area contributed by atoms with Crippen molar-refractivity contribution in [2.24, 2.45) is 5.92 Å². The summed E-state index contributed by atoms with van der Waals surface area (Å²) in [6.07, 6.45) is 2.09. The zero-order valence-electron chi connectivity index (χ0n) is 9.63. The molecule has 1 aromatic carbocycles. The van der Waals surface area contributed by atoms with Crippen LogP contribution in [-0.2, 0) is 11.2 Å². The number of aryl methyl sites for hydroxylation is 1. The van der Waals surface area contributed by atoms with Gasteiger partial charge in [0, 0.05) is 6.54 Å². The maximum absolute atomic E-state index is 13.9. The molecule has 0 N–H and O–H groups in total. The lowest BCUT2D eigenvalue weighted by molar-refractivity contribution is -0.119. The Kier molecular flexibility index (Phi) is 2.79. The predicted octanol–water partition coefficient (Wildman–Crippen LogP) is 3.30. The molecule has 0 bridgehead atoms. The third-order valence-electron chi connectivity index (χ3n) is 3.56. The Bertz CT molecular complexity index is 518. The highest BCUT2D eigenvalue weighted by molar-refractivity contribution is 6.52. The van der Waals surface area contributed by atoms with E-state index in [-0.39, 0.29) is 11.7 Å². The van der Waals surface area contributed by atoms with Crippen LogP contribution >= 0.6 is 23.2 Å². The van der Waals surface area contributed by atoms with Crippen LogP contribution in [0, 0.1) is 11.7 Å². The predicted molar refractivity (Wildman–Crippen MR) is 69.6 cm³/mol. The molecular formula is C13H12Cl2FNO. The summed E-state index contributed by atoms with van der Waals surface area (Å²) in [7, 11) is 0. The first-order chi connectivity index (χ1) is 8.50. The van der Waals surface area contributed by atoms with E-state index in [1.54, 1.807) is 6.07 Å². The molecule has 0 aromatic heterocycles. The smallest absolute Gasteiger partial charge is 0.233 e. The highest BCUT2D eigenvalue weighted by Gasteiger charge is 2.57. The van der Waals surface area contributed by atoms with E-state index >= 15 is 0 Å². The van der Waals surface area contributed by atoms with Crippen molar-refractivity contribution in [3.8, 4) is 0 Å². The summed E-state index contributed by atoms with van der Waals surface area (Å²) in [4.78, 5) is 13.8. The molecule has 1 saturated carbocycles. The monoisotopic (exact) mass is 287 g/mol. The van der Waals surface area contributed by atoms with Gasteiger partial charge in [-0.3, -0.25) is 4.79 Å². The molecule has 1 heterocycles. The number of nitrogens with zero attached hydrogens (tertiary/aromatic N) is 1. The SMILES string of the molecule is O=C(C1CC1(Cl)Cl)N1CCCc2cccc(F)c21. The number of alkyl halides is 2. The number of carbonyl (C=O) groups excluding carboxylic acids is 1. The summed E-state index contributed by atoms with van der Waals surface area (Å²) < 4.78 is 12.9. The van der Waals surface area contributed by atoms with Gasteiger partial charge in [0.1, 0.15) is 10.2 Å². The first kappa shape index (κ1) is 12.2. The Labute approximate surface area is 115 Å². The highest BCUT2D eigenvalue weighted by Crippen LogP contribution is 2.54. The summed E-state index contributed by atoms with van der Waals surface area (Å²) in [5.41, 5.74) is 1.29. The van der Waals surface area contributed by atoms with Gasteiger partial charge in [0.15, 0.2) is 0 Å². The van der Waals surface area contributed by atoms with Crippen LogP contribution in [0.25, 0.3) is 0 Å². The maximum atomic E-state index is 13.9. The molecule has 0 spiro atoms. The quantitative estimate of drug-likeness (QED) is 0.726. The van der Waals surface area contributed by atoms with Gasteiger partial charge in [0.25, 0.3) is 0 Å². The van der Waals surface area contributed by atoms with E-state index < -0.39 is 10.3 Å². The van der Waals surface area contributed by atoms with Crippen molar-refractivity contribution in [3.05, 3.63) is 29.6 Å². The lowest BCUT2D eigenvalue weighted by atomic mass is 10.0. The van der Waals surface area contributed by atoms with Gasteiger partial charge in [-0.1, -0.05) is 12.1 Å². The van der Waals surface area contributed by atoms with Crippen LogP contribution in [0.4, 0.5) is 10.1 Å². The van der Waals surface area contributed by atoms with E-state index in [1.165, 1.54) is 11.0 Å². The molecule has 1 aromatic rings. The number of halogens is 3. The first-order valence-electron chi connectivity index (χ1n) is 5.97. The average molecular weight is 288 g/mol. The molecule has 5 heteroatoms. The molecule has 2 nitrogen and oxygen atoms in total. The van der Waals surface area contributed by atoms with Crippen LogP contribution in [0.15, 0.2) is 18.2 Å². The first-order valence-corrected chi connectivity index (χ1v) is 6.73. The second kappa shape index (κ2) is 4.10. The number of carbonyl (C=O) groups is 1. The largest absolute Gasteiger partial charge is 0.309 e. The van der Waals surface area contributed by atoms with Gasteiger partial charge in [-0.25, -0.2) is 4.39 Å². The zero-order chi connectivity index (χ0) is 12.9.